The number of imidazole rings is 1. The smallest absolute Gasteiger partial charge is 0.435 e. The third-order valence-electron chi connectivity index (χ3n) is 11.7. The standard InChI is InChI=1S/C40H45ClF4N10O6/c1-51-33(29-21-54(50-35(29)40(43,44)45)32-5-3-26(17-31(32)42)47-8-15-56)20-48-36(51)37(59)49-27-2-4-28(30(41)16-27)39(61)53-11-9-52(10-12-53)38(60)25-6-13-55(14-7-25,23-34(57)58)22-24-18-46-19-24/h2-5,16-17,20-21,24-25,46-47,56H,6-15,18-19,22-23H2,1H3,(H-,49,57,58,59,61)/p+1. The van der Waals surface area contributed by atoms with Crippen LogP contribution in [0.5, 0.6) is 0 Å². The average molecular weight is 874 g/mol. The third-order valence-corrected chi connectivity index (χ3v) is 12.0. The van der Waals surface area contributed by atoms with Crippen LogP contribution >= 0.6 is 11.6 Å². The van der Waals surface area contributed by atoms with E-state index in [0.717, 1.165) is 47.3 Å². The number of carboxylic acid groups (broad SMARTS) is 1. The lowest BCUT2D eigenvalue weighted by Gasteiger charge is -2.46. The Labute approximate surface area is 352 Å². The summed E-state index contributed by atoms with van der Waals surface area (Å²) in [5, 5.41) is 30.9. The summed E-state index contributed by atoms with van der Waals surface area (Å²) in [6.45, 7) is 5.04. The molecule has 0 aliphatic carbocycles. The van der Waals surface area contributed by atoms with Crippen LogP contribution in [-0.2, 0) is 22.8 Å². The van der Waals surface area contributed by atoms with Crippen molar-refractivity contribution in [2.24, 2.45) is 18.9 Å². The zero-order valence-electron chi connectivity index (χ0n) is 33.2. The monoisotopic (exact) mass is 873 g/mol. The largest absolute Gasteiger partial charge is 0.477 e. The van der Waals surface area contributed by atoms with Crippen LogP contribution in [0.1, 0.15) is 39.5 Å². The number of piperazine rings is 1. The van der Waals surface area contributed by atoms with Crippen molar-refractivity contribution in [3.63, 3.8) is 0 Å². The van der Waals surface area contributed by atoms with Crippen molar-refractivity contribution in [3.8, 4) is 16.9 Å². The molecule has 0 unspecified atom stereocenters. The van der Waals surface area contributed by atoms with Crippen molar-refractivity contribution in [1.29, 1.82) is 0 Å². The first-order chi connectivity index (χ1) is 29.1. The summed E-state index contributed by atoms with van der Waals surface area (Å²) in [5.41, 5.74) is -1.51. The molecular formula is C40H46ClF4N10O6+. The van der Waals surface area contributed by atoms with Crippen molar-refractivity contribution in [2.45, 2.75) is 19.0 Å². The highest BCUT2D eigenvalue weighted by atomic mass is 35.5. The first-order valence-corrected chi connectivity index (χ1v) is 20.2. The van der Waals surface area contributed by atoms with Gasteiger partial charge in [-0.1, -0.05) is 11.6 Å². The first kappa shape index (κ1) is 43.5. The summed E-state index contributed by atoms with van der Waals surface area (Å²) < 4.78 is 60.1. The van der Waals surface area contributed by atoms with Crippen molar-refractivity contribution in [1.82, 2.24) is 34.4 Å². The maximum absolute atomic E-state index is 15.0. The topological polar surface area (TPSA) is 187 Å². The predicted octanol–water partition coefficient (Wildman–Crippen LogP) is 3.56. The molecule has 326 valence electrons. The van der Waals surface area contributed by atoms with Crippen molar-refractivity contribution in [3.05, 3.63) is 76.7 Å². The minimum Gasteiger partial charge on any atom is -0.477 e. The number of carbonyl (C=O) groups excluding carboxylic acids is 3. The Bertz CT molecular complexity index is 2300. The van der Waals surface area contributed by atoms with Crippen LogP contribution in [0.3, 0.4) is 0 Å². The lowest BCUT2D eigenvalue weighted by Crippen LogP contribution is -2.62. The Morgan fingerprint density at radius 2 is 1.69 bits per heavy atom. The number of aliphatic hydroxyl groups is 1. The second-order valence-corrected chi connectivity index (χ2v) is 16.2. The van der Waals surface area contributed by atoms with Crippen LogP contribution < -0.4 is 16.0 Å². The molecule has 3 fully saturated rings. The zero-order chi connectivity index (χ0) is 43.6. The quantitative estimate of drug-likeness (QED) is 0.0983. The van der Waals surface area contributed by atoms with Gasteiger partial charge in [-0.25, -0.2) is 18.9 Å². The van der Waals surface area contributed by atoms with Crippen LogP contribution in [0.2, 0.25) is 5.02 Å². The Balaban J connectivity index is 0.963. The second-order valence-electron chi connectivity index (χ2n) is 15.8. The molecule has 5 heterocycles. The van der Waals surface area contributed by atoms with Gasteiger partial charge in [-0.2, -0.15) is 18.3 Å². The zero-order valence-corrected chi connectivity index (χ0v) is 34.0. The van der Waals surface area contributed by atoms with Crippen molar-refractivity contribution in [2.75, 3.05) is 89.2 Å². The number of benzene rings is 2. The molecule has 0 atom stereocenters. The molecular weight excluding hydrogens is 828 g/mol. The SMILES string of the molecule is Cn1c(-c2cn(-c3ccc(NCCO)cc3F)nc2C(F)(F)F)cnc1C(=O)Nc1ccc(C(=O)N2CCN(C(=O)C3CC[N+](CC(=O)O)(CC4CNC4)CC3)CC2)c(Cl)c1. The summed E-state index contributed by atoms with van der Waals surface area (Å²) in [4.78, 5) is 59.5. The number of alkyl halides is 3. The van der Waals surface area contributed by atoms with Crippen LogP contribution in [0, 0.1) is 17.7 Å². The van der Waals surface area contributed by atoms with E-state index >= 15 is 0 Å². The van der Waals surface area contributed by atoms with Gasteiger partial charge in [0.1, 0.15) is 5.69 Å². The Morgan fingerprint density at radius 3 is 2.30 bits per heavy atom. The molecule has 16 nitrogen and oxygen atoms in total. The molecule has 3 aliphatic heterocycles. The highest BCUT2D eigenvalue weighted by molar-refractivity contribution is 6.34. The molecule has 21 heteroatoms. The summed E-state index contributed by atoms with van der Waals surface area (Å²) in [5.74, 6) is -2.85. The average Bonchev–Trinajstić information content (AvgIpc) is 3.82. The number of nitrogens with one attached hydrogen (secondary N) is 3. The van der Waals surface area contributed by atoms with Crippen molar-refractivity contribution < 1.29 is 51.4 Å². The number of amides is 3. The number of likely N-dealkylation sites (tertiary alicyclic amines) is 1. The number of carbonyl (C=O) groups is 4. The number of halogens is 5. The number of aromatic nitrogens is 4. The van der Waals surface area contributed by atoms with Crippen LogP contribution in [0.4, 0.5) is 28.9 Å². The van der Waals surface area contributed by atoms with E-state index in [1.165, 1.54) is 37.4 Å². The fourth-order valence-electron chi connectivity index (χ4n) is 8.36. The van der Waals surface area contributed by atoms with Crippen LogP contribution in [-0.4, -0.2) is 146 Å². The fourth-order valence-corrected chi connectivity index (χ4v) is 8.62. The minimum atomic E-state index is -4.95. The molecule has 0 saturated carbocycles. The lowest BCUT2D eigenvalue weighted by molar-refractivity contribution is -0.929. The summed E-state index contributed by atoms with van der Waals surface area (Å²) in [7, 11) is 1.34. The number of aliphatic carboxylic acids is 1. The van der Waals surface area contributed by atoms with E-state index in [-0.39, 0.29) is 84.0 Å². The summed E-state index contributed by atoms with van der Waals surface area (Å²) in [6, 6.07) is 8.01. The molecule has 2 aromatic heterocycles. The lowest BCUT2D eigenvalue weighted by atomic mass is 9.90. The van der Waals surface area contributed by atoms with Gasteiger partial charge in [-0.05, 0) is 36.4 Å². The van der Waals surface area contributed by atoms with E-state index in [1.54, 1.807) is 9.80 Å². The number of rotatable bonds is 13. The normalized spacial score (nSPS) is 19.7. The van der Waals surface area contributed by atoms with Gasteiger partial charge in [0.15, 0.2) is 23.9 Å². The number of anilines is 2. The Morgan fingerprint density at radius 1 is 1.00 bits per heavy atom. The molecule has 3 amide bonds. The van der Waals surface area contributed by atoms with Gasteiger partial charge < -0.3 is 45.0 Å². The number of nitrogens with zero attached hydrogens (tertiary/aromatic N) is 7. The number of carboxylic acids is 1. The third kappa shape index (κ3) is 9.51. The highest BCUT2D eigenvalue weighted by Crippen LogP contribution is 2.37. The van der Waals surface area contributed by atoms with Gasteiger partial charge in [0.05, 0.1) is 54.3 Å². The maximum Gasteiger partial charge on any atom is 0.435 e. The molecule has 0 radical (unpaired) electrons. The first-order valence-electron chi connectivity index (χ1n) is 19.9. The highest BCUT2D eigenvalue weighted by Gasteiger charge is 2.43. The minimum absolute atomic E-state index is 0.0182. The van der Waals surface area contributed by atoms with E-state index in [4.69, 9.17) is 16.7 Å². The molecule has 0 spiro atoms. The van der Waals surface area contributed by atoms with Gasteiger partial charge >= 0.3 is 12.1 Å². The molecule has 0 bridgehead atoms. The number of hydrogen-bond acceptors (Lipinski definition) is 9. The molecule has 2 aromatic carbocycles. The van der Waals surface area contributed by atoms with Gasteiger partial charge in [0.2, 0.25) is 5.91 Å². The van der Waals surface area contributed by atoms with E-state index < -0.39 is 35.1 Å². The Kier molecular flexibility index (Phi) is 12.7. The Hall–Kier alpha value is -5.57. The molecule has 61 heavy (non-hydrogen) atoms. The van der Waals surface area contributed by atoms with E-state index in [2.05, 4.69) is 26.0 Å². The molecule has 5 N–H and O–H groups in total. The van der Waals surface area contributed by atoms with Crippen LogP contribution in [0.25, 0.3) is 16.9 Å². The molecule has 7 rings (SSSR count). The maximum atomic E-state index is 15.0. The van der Waals surface area contributed by atoms with Crippen LogP contribution in [0.15, 0.2) is 48.8 Å². The molecule has 4 aromatic rings. The predicted molar refractivity (Wildman–Crippen MR) is 215 cm³/mol. The van der Waals surface area contributed by atoms with Crippen molar-refractivity contribution >= 4 is 46.7 Å². The number of piperidine rings is 1. The number of quaternary nitrogens is 1. The number of aliphatic hydroxyl groups excluding tert-OH is 1. The number of hydrogen-bond donors (Lipinski definition) is 5. The van der Waals surface area contributed by atoms with Gasteiger partial charge in [-0.3, -0.25) is 14.4 Å². The van der Waals surface area contributed by atoms with E-state index in [9.17, 15) is 41.8 Å². The van der Waals surface area contributed by atoms with E-state index in [0.29, 0.717) is 55.1 Å². The second kappa shape index (κ2) is 17.8. The van der Waals surface area contributed by atoms with E-state index in [1.807, 2.05) is 0 Å². The summed E-state index contributed by atoms with van der Waals surface area (Å²) >= 11 is 6.54. The molecule has 3 saturated heterocycles. The van der Waals surface area contributed by atoms with Gasteiger partial charge in [0, 0.05) is 95.1 Å². The van der Waals surface area contributed by atoms with Gasteiger partial charge in [-0.15, -0.1) is 0 Å². The summed E-state index contributed by atoms with van der Waals surface area (Å²) in [6.07, 6.45) is -1.66. The molecule has 3 aliphatic rings. The fraction of sp³-hybridized carbons (Fsp3) is 0.450. The van der Waals surface area contributed by atoms with Gasteiger partial charge in [0.25, 0.3) is 11.8 Å².